The summed E-state index contributed by atoms with van der Waals surface area (Å²) in [6, 6.07) is 7.21. The molecule has 0 heterocycles. The Morgan fingerprint density at radius 1 is 1.29 bits per heavy atom. The maximum Gasteiger partial charge on any atom is 0.191 e. The molecule has 3 nitrogen and oxygen atoms in total. The van der Waals surface area contributed by atoms with Crippen LogP contribution in [-0.4, -0.2) is 16.7 Å². The molecule has 0 aliphatic heterocycles. The number of benzene rings is 1. The van der Waals surface area contributed by atoms with Gasteiger partial charge in [-0.3, -0.25) is 4.79 Å². The number of Topliss-reactive ketones (excluding diaryl/α,β-unsaturated/α-hetero) is 1. The van der Waals surface area contributed by atoms with E-state index in [1.54, 1.807) is 18.2 Å². The lowest BCUT2D eigenvalue weighted by Gasteiger charge is -2.29. The van der Waals surface area contributed by atoms with Gasteiger partial charge in [0.2, 0.25) is 0 Å². The van der Waals surface area contributed by atoms with E-state index in [9.17, 15) is 14.7 Å². The van der Waals surface area contributed by atoms with Crippen molar-refractivity contribution in [2.45, 2.75) is 25.4 Å². The third-order valence-electron chi connectivity index (χ3n) is 3.07. The molecule has 0 amide bonds. The fraction of sp³-hybridized carbons (Fsp3) is 0.286. The molecule has 1 N–H and O–H groups in total. The Morgan fingerprint density at radius 2 is 2.00 bits per heavy atom. The Kier molecular flexibility index (Phi) is 2.94. The summed E-state index contributed by atoms with van der Waals surface area (Å²) in [7, 11) is 0. The lowest BCUT2D eigenvalue weighted by Crippen LogP contribution is -2.37. The van der Waals surface area contributed by atoms with Crippen LogP contribution in [0.15, 0.2) is 30.3 Å². The number of carbonyl (C=O) groups excluding carboxylic acids is 2. The minimum Gasteiger partial charge on any atom is -0.377 e. The van der Waals surface area contributed by atoms with Gasteiger partial charge >= 0.3 is 0 Å². The zero-order valence-electron chi connectivity index (χ0n) is 9.64. The molecule has 0 saturated heterocycles. The van der Waals surface area contributed by atoms with Crippen molar-refractivity contribution in [1.29, 1.82) is 0 Å². The first-order valence-corrected chi connectivity index (χ1v) is 5.58. The summed E-state index contributed by atoms with van der Waals surface area (Å²) >= 11 is 0. The number of ketones is 2. The molecule has 17 heavy (non-hydrogen) atoms. The molecule has 1 aliphatic rings. The van der Waals surface area contributed by atoms with Crippen LogP contribution in [0.2, 0.25) is 0 Å². The van der Waals surface area contributed by atoms with E-state index in [1.165, 1.54) is 13.0 Å². The van der Waals surface area contributed by atoms with E-state index in [1.807, 2.05) is 12.1 Å². The van der Waals surface area contributed by atoms with Crippen molar-refractivity contribution in [2.75, 3.05) is 0 Å². The maximum absolute atomic E-state index is 11.8. The monoisotopic (exact) mass is 230 g/mol. The second kappa shape index (κ2) is 4.26. The normalized spacial score (nSPS) is 22.4. The fourth-order valence-electron chi connectivity index (χ4n) is 2.07. The topological polar surface area (TPSA) is 54.4 Å². The first kappa shape index (κ1) is 11.7. The van der Waals surface area contributed by atoms with Gasteiger partial charge in [0.15, 0.2) is 11.4 Å². The van der Waals surface area contributed by atoms with Crippen LogP contribution in [0.5, 0.6) is 0 Å². The van der Waals surface area contributed by atoms with Crippen molar-refractivity contribution in [3.05, 3.63) is 41.5 Å². The van der Waals surface area contributed by atoms with Gasteiger partial charge in [-0.1, -0.05) is 30.3 Å². The zero-order valence-corrected chi connectivity index (χ0v) is 9.64. The Bertz CT molecular complexity index is 502. The van der Waals surface area contributed by atoms with Crippen LogP contribution in [-0.2, 0) is 15.2 Å². The summed E-state index contributed by atoms with van der Waals surface area (Å²) < 4.78 is 0. The van der Waals surface area contributed by atoms with Gasteiger partial charge in [-0.15, -0.1) is 0 Å². The third-order valence-corrected chi connectivity index (χ3v) is 3.07. The van der Waals surface area contributed by atoms with Crippen molar-refractivity contribution in [3.63, 3.8) is 0 Å². The van der Waals surface area contributed by atoms with Crippen LogP contribution in [0.25, 0.3) is 6.08 Å². The second-order valence-electron chi connectivity index (χ2n) is 4.35. The molecule has 3 heteroatoms. The Balaban J connectivity index is 2.41. The SMILES string of the molecule is CC(=O)CCC1(O)C(=O)C=Cc2ccccc21. The molecule has 0 aromatic heterocycles. The van der Waals surface area contributed by atoms with Crippen molar-refractivity contribution in [3.8, 4) is 0 Å². The average Bonchev–Trinajstić information content (AvgIpc) is 2.32. The summed E-state index contributed by atoms with van der Waals surface area (Å²) in [6.45, 7) is 1.46. The third kappa shape index (κ3) is 2.06. The molecule has 0 fully saturated rings. The van der Waals surface area contributed by atoms with Crippen molar-refractivity contribution >= 4 is 17.6 Å². The van der Waals surface area contributed by atoms with Gasteiger partial charge < -0.3 is 9.90 Å². The zero-order chi connectivity index (χ0) is 12.5. The van der Waals surface area contributed by atoms with Gasteiger partial charge in [0.25, 0.3) is 0 Å². The minimum absolute atomic E-state index is 0.0294. The second-order valence-corrected chi connectivity index (χ2v) is 4.35. The van der Waals surface area contributed by atoms with E-state index in [-0.39, 0.29) is 24.4 Å². The van der Waals surface area contributed by atoms with Crippen molar-refractivity contribution in [2.24, 2.45) is 0 Å². The number of aliphatic hydroxyl groups is 1. The van der Waals surface area contributed by atoms with Crippen molar-refractivity contribution < 1.29 is 14.7 Å². The van der Waals surface area contributed by atoms with E-state index >= 15 is 0 Å². The molecule has 0 bridgehead atoms. The summed E-state index contributed by atoms with van der Waals surface area (Å²) in [5.41, 5.74) is -0.122. The molecule has 1 aromatic rings. The standard InChI is InChI=1S/C14H14O3/c1-10(15)8-9-14(17)12-5-3-2-4-11(12)6-7-13(14)16/h2-7,17H,8-9H2,1H3. The highest BCUT2D eigenvalue weighted by atomic mass is 16.3. The highest BCUT2D eigenvalue weighted by Gasteiger charge is 2.39. The largest absolute Gasteiger partial charge is 0.377 e. The van der Waals surface area contributed by atoms with Crippen LogP contribution < -0.4 is 0 Å². The quantitative estimate of drug-likeness (QED) is 0.862. The van der Waals surface area contributed by atoms with Crippen LogP contribution in [0.3, 0.4) is 0 Å². The lowest BCUT2D eigenvalue weighted by atomic mass is 9.79. The molecule has 0 spiro atoms. The average molecular weight is 230 g/mol. The number of hydrogen-bond acceptors (Lipinski definition) is 3. The fourth-order valence-corrected chi connectivity index (χ4v) is 2.07. The Labute approximate surface area is 99.8 Å². The molecule has 1 aromatic carbocycles. The molecule has 1 atom stereocenters. The van der Waals surface area contributed by atoms with Crippen LogP contribution in [0.4, 0.5) is 0 Å². The molecular weight excluding hydrogens is 216 g/mol. The summed E-state index contributed by atoms with van der Waals surface area (Å²) in [5.74, 6) is -0.379. The van der Waals surface area contributed by atoms with Crippen LogP contribution in [0, 0.1) is 0 Å². The number of carbonyl (C=O) groups is 2. The number of hydrogen-bond donors (Lipinski definition) is 1. The highest BCUT2D eigenvalue weighted by molar-refractivity contribution is 6.04. The van der Waals surface area contributed by atoms with Gasteiger partial charge in [-0.05, 0) is 30.5 Å². The van der Waals surface area contributed by atoms with E-state index < -0.39 is 5.60 Å². The molecule has 88 valence electrons. The number of rotatable bonds is 3. The van der Waals surface area contributed by atoms with Gasteiger partial charge in [0.05, 0.1) is 0 Å². The molecular formula is C14H14O3. The van der Waals surface area contributed by atoms with Crippen molar-refractivity contribution in [1.82, 2.24) is 0 Å². The maximum atomic E-state index is 11.8. The first-order chi connectivity index (χ1) is 8.04. The smallest absolute Gasteiger partial charge is 0.191 e. The van der Waals surface area contributed by atoms with E-state index in [2.05, 4.69) is 0 Å². The summed E-state index contributed by atoms with van der Waals surface area (Å²) in [4.78, 5) is 22.9. The Hall–Kier alpha value is -1.74. The molecule has 0 saturated carbocycles. The van der Waals surface area contributed by atoms with Gasteiger partial charge in [0.1, 0.15) is 5.78 Å². The molecule has 1 unspecified atom stereocenters. The predicted octanol–water partition coefficient (Wildman–Crippen LogP) is 1.84. The number of fused-ring (bicyclic) bond motifs is 1. The summed E-state index contributed by atoms with van der Waals surface area (Å²) in [5, 5.41) is 10.5. The summed E-state index contributed by atoms with van der Waals surface area (Å²) in [6.07, 6.45) is 3.41. The van der Waals surface area contributed by atoms with Gasteiger partial charge in [-0.2, -0.15) is 0 Å². The minimum atomic E-state index is -1.54. The first-order valence-electron chi connectivity index (χ1n) is 5.58. The molecule has 1 aliphatic carbocycles. The predicted molar refractivity (Wildman–Crippen MR) is 64.3 cm³/mol. The molecule has 0 radical (unpaired) electrons. The van der Waals surface area contributed by atoms with Crippen LogP contribution in [0.1, 0.15) is 30.9 Å². The Morgan fingerprint density at radius 3 is 2.71 bits per heavy atom. The lowest BCUT2D eigenvalue weighted by molar-refractivity contribution is -0.135. The van der Waals surface area contributed by atoms with Gasteiger partial charge in [-0.25, -0.2) is 0 Å². The van der Waals surface area contributed by atoms with Crippen LogP contribution >= 0.6 is 0 Å². The highest BCUT2D eigenvalue weighted by Crippen LogP contribution is 2.34. The van der Waals surface area contributed by atoms with E-state index in [0.29, 0.717) is 5.56 Å². The van der Waals surface area contributed by atoms with E-state index in [4.69, 9.17) is 0 Å². The van der Waals surface area contributed by atoms with E-state index in [0.717, 1.165) is 5.56 Å². The molecule has 2 rings (SSSR count). The van der Waals surface area contributed by atoms with Gasteiger partial charge in [0, 0.05) is 6.42 Å².